The second kappa shape index (κ2) is 11.7. The number of para-hydroxylation sites is 2. The minimum Gasteiger partial charge on any atom is -0.489 e. The average molecular weight is 479 g/mol. The van der Waals surface area contributed by atoms with Crippen LogP contribution in [0.1, 0.15) is 69.4 Å². The molecule has 6 nitrogen and oxygen atoms in total. The van der Waals surface area contributed by atoms with Crippen molar-refractivity contribution in [1.29, 1.82) is 0 Å². The van der Waals surface area contributed by atoms with E-state index in [4.69, 9.17) is 4.74 Å². The van der Waals surface area contributed by atoms with E-state index >= 15 is 0 Å². The van der Waals surface area contributed by atoms with Crippen molar-refractivity contribution in [3.8, 4) is 5.75 Å². The van der Waals surface area contributed by atoms with Gasteiger partial charge in [-0.15, -0.1) is 0 Å². The number of hydrogen-bond donors (Lipinski definition) is 2. The molecule has 0 aromatic heterocycles. The van der Waals surface area contributed by atoms with Crippen LogP contribution >= 0.6 is 0 Å². The Hall–Kier alpha value is -2.86. The number of carbonyl (C=O) groups is 2. The van der Waals surface area contributed by atoms with E-state index in [0.29, 0.717) is 31.2 Å². The van der Waals surface area contributed by atoms with Crippen LogP contribution in [0.2, 0.25) is 0 Å². The first-order valence-corrected chi connectivity index (χ1v) is 13.0. The van der Waals surface area contributed by atoms with E-state index in [-0.39, 0.29) is 24.3 Å². The number of carboxylic acids is 1. The van der Waals surface area contributed by atoms with Gasteiger partial charge in [-0.25, -0.2) is 0 Å². The van der Waals surface area contributed by atoms with Crippen molar-refractivity contribution in [2.24, 2.45) is 11.8 Å². The van der Waals surface area contributed by atoms with E-state index in [9.17, 15) is 14.7 Å². The van der Waals surface area contributed by atoms with E-state index in [1.54, 1.807) is 4.90 Å². The van der Waals surface area contributed by atoms with Gasteiger partial charge in [-0.05, 0) is 60.9 Å². The maximum absolute atomic E-state index is 13.7. The van der Waals surface area contributed by atoms with Crippen LogP contribution in [0.3, 0.4) is 0 Å². The number of anilines is 1. The second-order valence-corrected chi connectivity index (χ2v) is 10.2. The topological polar surface area (TPSA) is 78.9 Å². The number of aliphatic carboxylic acids is 1. The Balaban J connectivity index is 1.46. The maximum atomic E-state index is 13.7. The molecule has 2 atom stereocenters. The van der Waals surface area contributed by atoms with Gasteiger partial charge in [0.1, 0.15) is 18.4 Å². The monoisotopic (exact) mass is 478 g/mol. The van der Waals surface area contributed by atoms with Crippen LogP contribution in [0.5, 0.6) is 5.75 Å². The van der Waals surface area contributed by atoms with E-state index in [0.717, 1.165) is 36.9 Å². The lowest BCUT2D eigenvalue weighted by Crippen LogP contribution is -2.49. The molecule has 1 fully saturated rings. The molecule has 2 aromatic carbocycles. The highest BCUT2D eigenvalue weighted by molar-refractivity contribution is 5.99. The minimum atomic E-state index is -0.721. The molecular weight excluding hydrogens is 440 g/mol. The molecule has 0 bridgehead atoms. The summed E-state index contributed by atoms with van der Waals surface area (Å²) in [4.78, 5) is 27.4. The summed E-state index contributed by atoms with van der Waals surface area (Å²) in [7, 11) is 0. The van der Waals surface area contributed by atoms with Crippen LogP contribution in [0, 0.1) is 11.8 Å². The predicted molar refractivity (Wildman–Crippen MR) is 138 cm³/mol. The third-order valence-corrected chi connectivity index (χ3v) is 7.49. The summed E-state index contributed by atoms with van der Waals surface area (Å²) in [6, 6.07) is 15.5. The van der Waals surface area contributed by atoms with Crippen molar-refractivity contribution in [2.45, 2.75) is 70.9 Å². The summed E-state index contributed by atoms with van der Waals surface area (Å²) in [6.07, 6.45) is 5.92. The number of nitrogens with zero attached hydrogens (tertiary/aromatic N) is 1. The number of carbonyl (C=O) groups excluding carboxylic acids is 1. The number of nitrogens with one attached hydrogen (secondary N) is 1. The Morgan fingerprint density at radius 2 is 1.80 bits per heavy atom. The average Bonchev–Trinajstić information content (AvgIpc) is 2.99. The van der Waals surface area contributed by atoms with Crippen molar-refractivity contribution >= 4 is 17.6 Å². The number of fused-ring (bicyclic) bond motifs is 1. The summed E-state index contributed by atoms with van der Waals surface area (Å²) in [5.41, 5.74) is 3.09. The number of carboxylic acid groups (broad SMARTS) is 1. The van der Waals surface area contributed by atoms with Gasteiger partial charge in [-0.2, -0.15) is 0 Å². The van der Waals surface area contributed by atoms with Crippen LogP contribution < -0.4 is 15.0 Å². The Kier molecular flexibility index (Phi) is 8.45. The summed E-state index contributed by atoms with van der Waals surface area (Å²) in [6.45, 7) is 5.48. The molecule has 0 radical (unpaired) electrons. The molecule has 1 amide bonds. The zero-order valence-electron chi connectivity index (χ0n) is 20.9. The lowest BCUT2D eigenvalue weighted by Gasteiger charge is -2.28. The molecule has 4 rings (SSSR count). The van der Waals surface area contributed by atoms with E-state index < -0.39 is 12.0 Å². The molecule has 2 N–H and O–H groups in total. The lowest BCUT2D eigenvalue weighted by atomic mass is 9.78. The quantitative estimate of drug-likeness (QED) is 0.507. The highest BCUT2D eigenvalue weighted by Gasteiger charge is 2.33. The Labute approximate surface area is 208 Å². The third kappa shape index (κ3) is 6.23. The van der Waals surface area contributed by atoms with Crippen molar-refractivity contribution in [2.75, 3.05) is 18.1 Å². The number of benzene rings is 2. The first-order chi connectivity index (χ1) is 16.9. The molecule has 0 unspecified atom stereocenters. The predicted octanol–water partition coefficient (Wildman–Crippen LogP) is 5.37. The van der Waals surface area contributed by atoms with Crippen molar-refractivity contribution < 1.29 is 19.4 Å². The van der Waals surface area contributed by atoms with Gasteiger partial charge in [0, 0.05) is 0 Å². The molecule has 6 heteroatoms. The summed E-state index contributed by atoms with van der Waals surface area (Å²) >= 11 is 0. The van der Waals surface area contributed by atoms with Gasteiger partial charge in [0.2, 0.25) is 5.91 Å². The fourth-order valence-corrected chi connectivity index (χ4v) is 5.36. The summed E-state index contributed by atoms with van der Waals surface area (Å²) in [5.74, 6) is 0.244. The number of ether oxygens (including phenoxy) is 1. The molecule has 1 aliphatic carbocycles. The highest BCUT2D eigenvalue weighted by atomic mass is 16.5. The van der Waals surface area contributed by atoms with Gasteiger partial charge >= 0.3 is 5.97 Å². The van der Waals surface area contributed by atoms with E-state index in [2.05, 4.69) is 43.4 Å². The maximum Gasteiger partial charge on any atom is 0.306 e. The highest BCUT2D eigenvalue weighted by Crippen LogP contribution is 2.34. The van der Waals surface area contributed by atoms with Crippen LogP contribution in [0.4, 0.5) is 5.69 Å². The fourth-order valence-electron chi connectivity index (χ4n) is 5.36. The normalized spacial score (nSPS) is 19.7. The van der Waals surface area contributed by atoms with E-state index in [1.165, 1.54) is 12.0 Å². The molecule has 0 spiro atoms. The van der Waals surface area contributed by atoms with E-state index in [1.807, 2.05) is 24.3 Å². The Bertz CT molecular complexity index is 998. The van der Waals surface area contributed by atoms with Crippen LogP contribution in [-0.4, -0.2) is 36.2 Å². The summed E-state index contributed by atoms with van der Waals surface area (Å²) in [5, 5.41) is 13.1. The molecule has 2 aliphatic rings. The number of hydrogen-bond acceptors (Lipinski definition) is 4. The third-order valence-electron chi connectivity index (χ3n) is 7.49. The van der Waals surface area contributed by atoms with Crippen molar-refractivity contribution in [3.63, 3.8) is 0 Å². The first kappa shape index (κ1) is 25.2. The Morgan fingerprint density at radius 1 is 1.09 bits per heavy atom. The van der Waals surface area contributed by atoms with Gasteiger partial charge in [0.05, 0.1) is 18.2 Å². The molecule has 35 heavy (non-hydrogen) atoms. The van der Waals surface area contributed by atoms with Gasteiger partial charge in [-0.1, -0.05) is 69.5 Å². The zero-order chi connectivity index (χ0) is 24.8. The number of amides is 1. The second-order valence-electron chi connectivity index (χ2n) is 10.2. The van der Waals surface area contributed by atoms with Crippen LogP contribution in [-0.2, 0) is 16.1 Å². The molecular formula is C29H38N2O4. The van der Waals surface area contributed by atoms with Gasteiger partial charge < -0.3 is 20.1 Å². The molecule has 1 heterocycles. The van der Waals surface area contributed by atoms with Crippen LogP contribution in [0.25, 0.3) is 0 Å². The molecule has 1 aliphatic heterocycles. The SMILES string of the molecule is CC(C)c1ccc(CN2C(=O)[C@H](NCC[C@H](C(=O)O)C3CCCCC3)COc3ccccc32)cc1. The zero-order valence-corrected chi connectivity index (χ0v) is 20.9. The Morgan fingerprint density at radius 3 is 2.49 bits per heavy atom. The van der Waals surface area contributed by atoms with Crippen molar-refractivity contribution in [1.82, 2.24) is 5.32 Å². The standard InChI is InChI=1S/C29H38N2O4/c1-20(2)22-14-12-21(13-15-22)18-31-26-10-6-7-11-27(26)35-19-25(28(31)32)30-17-16-24(29(33)34)23-8-4-3-5-9-23/h6-7,10-15,20,23-25,30H,3-5,8-9,16-19H2,1-2H3,(H,33,34)/t24-,25+/m0/s1. The summed E-state index contributed by atoms with van der Waals surface area (Å²) < 4.78 is 6.03. The fraction of sp³-hybridized carbons (Fsp3) is 0.517. The van der Waals surface area contributed by atoms with Gasteiger partial charge in [0.15, 0.2) is 0 Å². The molecule has 1 saturated carbocycles. The smallest absolute Gasteiger partial charge is 0.306 e. The number of rotatable bonds is 9. The largest absolute Gasteiger partial charge is 0.489 e. The lowest BCUT2D eigenvalue weighted by molar-refractivity contribution is -0.144. The molecule has 0 saturated heterocycles. The first-order valence-electron chi connectivity index (χ1n) is 13.0. The van der Waals surface area contributed by atoms with Crippen LogP contribution in [0.15, 0.2) is 48.5 Å². The molecule has 2 aromatic rings. The van der Waals surface area contributed by atoms with Gasteiger partial charge in [-0.3, -0.25) is 9.59 Å². The van der Waals surface area contributed by atoms with Crippen molar-refractivity contribution in [3.05, 3.63) is 59.7 Å². The minimum absolute atomic E-state index is 0.0487. The molecule has 188 valence electrons. The van der Waals surface area contributed by atoms with Gasteiger partial charge in [0.25, 0.3) is 0 Å².